The third kappa shape index (κ3) is 3.96. The van der Waals surface area contributed by atoms with E-state index in [1.807, 2.05) is 37.3 Å². The van der Waals surface area contributed by atoms with E-state index in [9.17, 15) is 4.79 Å². The van der Waals surface area contributed by atoms with Gasteiger partial charge in [-0.15, -0.1) is 0 Å². The number of benzene rings is 1. The zero-order valence-electron chi connectivity index (χ0n) is 11.8. The summed E-state index contributed by atoms with van der Waals surface area (Å²) in [6, 6.07) is 11.6. The molecular weight excluding hydrogens is 254 g/mol. The third-order valence-electron chi connectivity index (χ3n) is 3.08. The van der Waals surface area contributed by atoms with E-state index >= 15 is 0 Å². The van der Waals surface area contributed by atoms with Crippen LogP contribution in [0.15, 0.2) is 47.1 Å². The molecule has 1 N–H and O–H groups in total. The Labute approximate surface area is 118 Å². The minimum Gasteiger partial charge on any atom is -0.467 e. The number of aryl methyl sites for hydroxylation is 1. The maximum atomic E-state index is 11.9. The van der Waals surface area contributed by atoms with Crippen molar-refractivity contribution in [3.8, 4) is 0 Å². The molecule has 1 aromatic heterocycles. The number of carbonyl (C=O) groups is 1. The fourth-order valence-corrected chi connectivity index (χ4v) is 2.05. The van der Waals surface area contributed by atoms with Gasteiger partial charge in [0.05, 0.1) is 19.2 Å². The van der Waals surface area contributed by atoms with Gasteiger partial charge in [-0.2, -0.15) is 0 Å². The molecule has 4 nitrogen and oxygen atoms in total. The van der Waals surface area contributed by atoms with Gasteiger partial charge < -0.3 is 14.5 Å². The number of methoxy groups -OCH3 is 1. The fourth-order valence-electron chi connectivity index (χ4n) is 2.05. The topological polar surface area (TPSA) is 51.5 Å². The molecule has 0 aliphatic heterocycles. The van der Waals surface area contributed by atoms with Crippen LogP contribution in [0, 0.1) is 6.92 Å². The van der Waals surface area contributed by atoms with Gasteiger partial charge in [-0.3, -0.25) is 4.79 Å². The van der Waals surface area contributed by atoms with Gasteiger partial charge in [-0.1, -0.05) is 29.8 Å². The average Bonchev–Trinajstić information content (AvgIpc) is 2.93. The second kappa shape index (κ2) is 6.91. The predicted octanol–water partition coefficient (Wildman–Crippen LogP) is 2.63. The van der Waals surface area contributed by atoms with Crippen LogP contribution in [0.5, 0.6) is 0 Å². The van der Waals surface area contributed by atoms with E-state index in [2.05, 4.69) is 5.32 Å². The number of amides is 1. The van der Waals surface area contributed by atoms with Crippen molar-refractivity contribution in [2.75, 3.05) is 13.7 Å². The maximum Gasteiger partial charge on any atom is 0.224 e. The lowest BCUT2D eigenvalue weighted by Gasteiger charge is -2.13. The molecule has 0 bridgehead atoms. The molecule has 1 aromatic carbocycles. The standard InChI is InChI=1S/C16H19NO3/c1-12-5-3-6-13(9-12)10-16(18)17-11-15(19-2)14-7-4-8-20-14/h3-9,15H,10-11H2,1-2H3,(H,17,18)/t15-/m0/s1. The van der Waals surface area contributed by atoms with Crippen molar-refractivity contribution >= 4 is 5.91 Å². The summed E-state index contributed by atoms with van der Waals surface area (Å²) < 4.78 is 10.6. The van der Waals surface area contributed by atoms with Gasteiger partial charge in [-0.25, -0.2) is 0 Å². The Kier molecular flexibility index (Phi) is 4.96. The number of carbonyl (C=O) groups excluding carboxylic acids is 1. The highest BCUT2D eigenvalue weighted by molar-refractivity contribution is 5.78. The molecule has 0 saturated carbocycles. The molecule has 1 amide bonds. The van der Waals surface area contributed by atoms with Crippen molar-refractivity contribution in [3.63, 3.8) is 0 Å². The Morgan fingerprint density at radius 2 is 2.20 bits per heavy atom. The molecule has 1 atom stereocenters. The molecule has 0 radical (unpaired) electrons. The van der Waals surface area contributed by atoms with Gasteiger partial charge in [0, 0.05) is 7.11 Å². The largest absolute Gasteiger partial charge is 0.467 e. The summed E-state index contributed by atoms with van der Waals surface area (Å²) in [4.78, 5) is 11.9. The number of hydrogen-bond donors (Lipinski definition) is 1. The minimum absolute atomic E-state index is 0.0239. The molecule has 0 unspecified atom stereocenters. The lowest BCUT2D eigenvalue weighted by Crippen LogP contribution is -2.30. The van der Waals surface area contributed by atoms with Crippen LogP contribution in [0.25, 0.3) is 0 Å². The molecular formula is C16H19NO3. The van der Waals surface area contributed by atoms with E-state index in [-0.39, 0.29) is 12.0 Å². The van der Waals surface area contributed by atoms with Gasteiger partial charge in [0.2, 0.25) is 5.91 Å². The van der Waals surface area contributed by atoms with E-state index in [1.54, 1.807) is 19.4 Å². The summed E-state index contributed by atoms with van der Waals surface area (Å²) in [6.45, 7) is 2.41. The smallest absolute Gasteiger partial charge is 0.224 e. The monoisotopic (exact) mass is 273 g/mol. The molecule has 0 saturated heterocycles. The summed E-state index contributed by atoms with van der Waals surface area (Å²) in [5.74, 6) is 0.688. The van der Waals surface area contributed by atoms with Crippen LogP contribution >= 0.6 is 0 Å². The van der Waals surface area contributed by atoms with Gasteiger partial charge >= 0.3 is 0 Å². The molecule has 0 spiro atoms. The number of nitrogens with one attached hydrogen (secondary N) is 1. The second-order valence-electron chi connectivity index (χ2n) is 4.71. The summed E-state index contributed by atoms with van der Waals surface area (Å²) >= 11 is 0. The lowest BCUT2D eigenvalue weighted by molar-refractivity contribution is -0.121. The Balaban J connectivity index is 1.85. The van der Waals surface area contributed by atoms with Gasteiger partial charge in [0.1, 0.15) is 11.9 Å². The summed E-state index contributed by atoms with van der Waals surface area (Å²) in [5.41, 5.74) is 2.16. The van der Waals surface area contributed by atoms with Crippen LogP contribution in [0.1, 0.15) is 23.0 Å². The quantitative estimate of drug-likeness (QED) is 0.880. The summed E-state index contributed by atoms with van der Waals surface area (Å²) in [7, 11) is 1.60. The third-order valence-corrected chi connectivity index (χ3v) is 3.08. The van der Waals surface area contributed by atoms with Gasteiger partial charge in [-0.05, 0) is 24.6 Å². The first-order valence-electron chi connectivity index (χ1n) is 6.57. The first-order valence-corrected chi connectivity index (χ1v) is 6.57. The zero-order valence-corrected chi connectivity index (χ0v) is 11.8. The molecule has 106 valence electrons. The van der Waals surface area contributed by atoms with E-state index in [4.69, 9.17) is 9.15 Å². The predicted molar refractivity (Wildman–Crippen MR) is 76.4 cm³/mol. The normalized spacial score (nSPS) is 12.1. The van der Waals surface area contributed by atoms with Gasteiger partial charge in [0.25, 0.3) is 0 Å². The molecule has 0 aliphatic rings. The van der Waals surface area contributed by atoms with Crippen LogP contribution in [0.2, 0.25) is 0 Å². The van der Waals surface area contributed by atoms with E-state index < -0.39 is 0 Å². The number of ether oxygens (including phenoxy) is 1. The molecule has 1 heterocycles. The van der Waals surface area contributed by atoms with Crippen LogP contribution in [-0.2, 0) is 16.0 Å². The van der Waals surface area contributed by atoms with Crippen molar-refractivity contribution in [2.45, 2.75) is 19.4 Å². The summed E-state index contributed by atoms with van der Waals surface area (Å²) in [6.07, 6.45) is 1.71. The summed E-state index contributed by atoms with van der Waals surface area (Å²) in [5, 5.41) is 2.87. The van der Waals surface area contributed by atoms with Gasteiger partial charge in [0.15, 0.2) is 0 Å². The maximum absolute atomic E-state index is 11.9. The van der Waals surface area contributed by atoms with Crippen molar-refractivity contribution in [1.29, 1.82) is 0 Å². The number of rotatable bonds is 6. The van der Waals surface area contributed by atoms with Crippen molar-refractivity contribution in [1.82, 2.24) is 5.32 Å². The van der Waals surface area contributed by atoms with Crippen molar-refractivity contribution < 1.29 is 13.9 Å². The van der Waals surface area contributed by atoms with Crippen LogP contribution in [0.4, 0.5) is 0 Å². The van der Waals surface area contributed by atoms with Crippen LogP contribution in [-0.4, -0.2) is 19.6 Å². The fraction of sp³-hybridized carbons (Fsp3) is 0.312. The highest BCUT2D eigenvalue weighted by atomic mass is 16.5. The Morgan fingerprint density at radius 1 is 1.35 bits per heavy atom. The van der Waals surface area contributed by atoms with Crippen molar-refractivity contribution in [2.24, 2.45) is 0 Å². The van der Waals surface area contributed by atoms with E-state index in [1.165, 1.54) is 0 Å². The van der Waals surface area contributed by atoms with Crippen LogP contribution < -0.4 is 5.32 Å². The zero-order chi connectivity index (χ0) is 14.4. The van der Waals surface area contributed by atoms with Crippen LogP contribution in [0.3, 0.4) is 0 Å². The molecule has 2 aromatic rings. The lowest BCUT2D eigenvalue weighted by atomic mass is 10.1. The van der Waals surface area contributed by atoms with Crippen molar-refractivity contribution in [3.05, 3.63) is 59.5 Å². The first-order chi connectivity index (χ1) is 9.69. The van der Waals surface area contributed by atoms with E-state index in [0.29, 0.717) is 18.7 Å². The Morgan fingerprint density at radius 3 is 2.85 bits per heavy atom. The first kappa shape index (κ1) is 14.3. The van der Waals surface area contributed by atoms with E-state index in [0.717, 1.165) is 11.1 Å². The molecule has 0 fully saturated rings. The molecule has 20 heavy (non-hydrogen) atoms. The SMILES string of the molecule is CO[C@@H](CNC(=O)Cc1cccc(C)c1)c1ccco1. The highest BCUT2D eigenvalue weighted by Crippen LogP contribution is 2.15. The Hall–Kier alpha value is -2.07. The number of hydrogen-bond acceptors (Lipinski definition) is 3. The second-order valence-corrected chi connectivity index (χ2v) is 4.71. The Bertz CT molecular complexity index is 549. The number of furan rings is 1. The highest BCUT2D eigenvalue weighted by Gasteiger charge is 2.14. The minimum atomic E-state index is -0.258. The molecule has 4 heteroatoms. The average molecular weight is 273 g/mol. The molecule has 0 aliphatic carbocycles. The molecule has 2 rings (SSSR count).